The summed E-state index contributed by atoms with van der Waals surface area (Å²) in [6, 6.07) is 10.4. The third-order valence-corrected chi connectivity index (χ3v) is 4.15. The van der Waals surface area contributed by atoms with Gasteiger partial charge in [0, 0.05) is 19.0 Å². The minimum absolute atomic E-state index is 0.182. The van der Waals surface area contributed by atoms with Crippen molar-refractivity contribution >= 4 is 29.1 Å². The molecular formula is C19H23N5O3. The van der Waals surface area contributed by atoms with E-state index in [4.69, 9.17) is 4.74 Å². The molecule has 1 unspecified atom stereocenters. The molecule has 1 N–H and O–H groups in total. The fraction of sp³-hybridized carbons (Fsp3) is 0.368. The number of ether oxygens (including phenoxy) is 1. The van der Waals surface area contributed by atoms with Crippen molar-refractivity contribution < 1.29 is 14.3 Å². The molecule has 0 saturated heterocycles. The highest BCUT2D eigenvalue weighted by atomic mass is 16.5. The molecule has 1 atom stereocenters. The van der Waals surface area contributed by atoms with Crippen molar-refractivity contribution in [2.45, 2.75) is 39.3 Å². The summed E-state index contributed by atoms with van der Waals surface area (Å²) in [6.07, 6.45) is 2.73. The van der Waals surface area contributed by atoms with Crippen LogP contribution in [-0.4, -0.2) is 40.0 Å². The van der Waals surface area contributed by atoms with Crippen LogP contribution in [0.2, 0.25) is 0 Å². The van der Waals surface area contributed by atoms with Crippen molar-refractivity contribution in [3.05, 3.63) is 42.6 Å². The lowest BCUT2D eigenvalue weighted by molar-refractivity contribution is -0.135. The van der Waals surface area contributed by atoms with Crippen LogP contribution in [0.1, 0.15) is 26.7 Å². The number of esters is 1. The standard InChI is InChI=1S/C19H23N5O3/c1-3-12-23-17(10-11-20-23)21-18(25)16-13-15(19(26)27-4-2)22-24(16)14-8-6-5-7-9-14/h5-11,16H,3-4,12-13H2,1-2H3,(H,21,25). The molecule has 1 aromatic heterocycles. The number of nitrogens with one attached hydrogen (secondary N) is 1. The van der Waals surface area contributed by atoms with Crippen LogP contribution >= 0.6 is 0 Å². The molecule has 1 amide bonds. The molecule has 8 nitrogen and oxygen atoms in total. The van der Waals surface area contributed by atoms with Gasteiger partial charge in [0.25, 0.3) is 5.91 Å². The summed E-state index contributed by atoms with van der Waals surface area (Å²) < 4.78 is 6.80. The first-order valence-corrected chi connectivity index (χ1v) is 9.05. The SMILES string of the molecule is CCCn1nccc1NC(=O)C1CC(C(=O)OCC)=NN1c1ccccc1. The maximum atomic E-state index is 13.0. The second kappa shape index (κ2) is 8.48. The summed E-state index contributed by atoms with van der Waals surface area (Å²) >= 11 is 0. The maximum Gasteiger partial charge on any atom is 0.354 e. The molecule has 1 aliphatic heterocycles. The fourth-order valence-corrected chi connectivity index (χ4v) is 2.91. The zero-order valence-electron chi connectivity index (χ0n) is 15.5. The molecule has 1 aromatic carbocycles. The van der Waals surface area contributed by atoms with Gasteiger partial charge in [0.2, 0.25) is 0 Å². The first kappa shape index (κ1) is 18.6. The summed E-state index contributed by atoms with van der Waals surface area (Å²) in [5.74, 6) is -0.121. The van der Waals surface area contributed by atoms with Gasteiger partial charge in [0.15, 0.2) is 0 Å². The van der Waals surface area contributed by atoms with E-state index in [-0.39, 0.29) is 24.6 Å². The molecule has 27 heavy (non-hydrogen) atoms. The number of aryl methyl sites for hydroxylation is 1. The number of amides is 1. The number of carbonyl (C=O) groups is 2. The van der Waals surface area contributed by atoms with Gasteiger partial charge in [-0.1, -0.05) is 25.1 Å². The van der Waals surface area contributed by atoms with E-state index in [2.05, 4.69) is 15.5 Å². The minimum atomic E-state index is -0.642. The lowest BCUT2D eigenvalue weighted by atomic mass is 10.1. The van der Waals surface area contributed by atoms with E-state index in [1.54, 1.807) is 28.9 Å². The second-order valence-corrected chi connectivity index (χ2v) is 6.10. The number of hydrazone groups is 1. The summed E-state index contributed by atoms with van der Waals surface area (Å²) in [6.45, 7) is 4.75. The number of nitrogens with zero attached hydrogens (tertiary/aromatic N) is 4. The predicted octanol–water partition coefficient (Wildman–Crippen LogP) is 2.43. The van der Waals surface area contributed by atoms with Crippen molar-refractivity contribution in [3.8, 4) is 0 Å². The highest BCUT2D eigenvalue weighted by Gasteiger charge is 2.37. The Kier molecular flexibility index (Phi) is 5.85. The Morgan fingerprint density at radius 1 is 1.22 bits per heavy atom. The van der Waals surface area contributed by atoms with Crippen molar-refractivity contribution in [2.75, 3.05) is 16.9 Å². The van der Waals surface area contributed by atoms with Crippen LogP contribution < -0.4 is 10.3 Å². The zero-order chi connectivity index (χ0) is 19.2. The Morgan fingerprint density at radius 2 is 2.00 bits per heavy atom. The molecule has 2 heterocycles. The maximum absolute atomic E-state index is 13.0. The first-order chi connectivity index (χ1) is 13.1. The van der Waals surface area contributed by atoms with Crippen molar-refractivity contribution in [2.24, 2.45) is 5.10 Å². The molecule has 0 radical (unpaired) electrons. The van der Waals surface area contributed by atoms with Gasteiger partial charge in [0.1, 0.15) is 17.6 Å². The Balaban J connectivity index is 1.82. The summed E-state index contributed by atoms with van der Waals surface area (Å²) in [5.41, 5.74) is 0.974. The van der Waals surface area contributed by atoms with Gasteiger partial charge < -0.3 is 10.1 Å². The van der Waals surface area contributed by atoms with E-state index in [0.717, 1.165) is 12.1 Å². The first-order valence-electron chi connectivity index (χ1n) is 9.05. The zero-order valence-corrected chi connectivity index (χ0v) is 15.5. The van der Waals surface area contributed by atoms with E-state index in [9.17, 15) is 9.59 Å². The van der Waals surface area contributed by atoms with Crippen LogP contribution in [0.3, 0.4) is 0 Å². The largest absolute Gasteiger partial charge is 0.461 e. The molecule has 0 aliphatic carbocycles. The lowest BCUT2D eigenvalue weighted by Crippen LogP contribution is -2.39. The minimum Gasteiger partial charge on any atom is -0.461 e. The highest BCUT2D eigenvalue weighted by molar-refractivity contribution is 6.38. The molecule has 142 valence electrons. The van der Waals surface area contributed by atoms with Crippen LogP contribution in [0.5, 0.6) is 0 Å². The van der Waals surface area contributed by atoms with E-state index < -0.39 is 12.0 Å². The van der Waals surface area contributed by atoms with E-state index >= 15 is 0 Å². The number of carbonyl (C=O) groups excluding carboxylic acids is 2. The monoisotopic (exact) mass is 369 g/mol. The summed E-state index contributed by atoms with van der Waals surface area (Å²) in [5, 5.41) is 13.0. The van der Waals surface area contributed by atoms with Gasteiger partial charge in [-0.05, 0) is 25.5 Å². The number of hydrogen-bond donors (Lipinski definition) is 1. The third kappa shape index (κ3) is 4.16. The molecule has 2 aromatic rings. The molecule has 0 bridgehead atoms. The fourth-order valence-electron chi connectivity index (χ4n) is 2.91. The van der Waals surface area contributed by atoms with Crippen LogP contribution in [0.4, 0.5) is 11.5 Å². The Hall–Kier alpha value is -3.16. The van der Waals surface area contributed by atoms with Gasteiger partial charge in [-0.15, -0.1) is 0 Å². The molecule has 0 spiro atoms. The third-order valence-electron chi connectivity index (χ3n) is 4.15. The molecule has 0 fully saturated rings. The van der Waals surface area contributed by atoms with Crippen molar-refractivity contribution in [1.82, 2.24) is 9.78 Å². The van der Waals surface area contributed by atoms with Crippen LogP contribution in [0.15, 0.2) is 47.7 Å². The summed E-state index contributed by atoms with van der Waals surface area (Å²) in [4.78, 5) is 25.1. The smallest absolute Gasteiger partial charge is 0.354 e. The Morgan fingerprint density at radius 3 is 2.70 bits per heavy atom. The van der Waals surface area contributed by atoms with Gasteiger partial charge in [-0.25, -0.2) is 9.48 Å². The number of rotatable bonds is 7. The molecule has 3 rings (SSSR count). The van der Waals surface area contributed by atoms with E-state index in [1.807, 2.05) is 37.3 Å². The molecule has 0 saturated carbocycles. The van der Waals surface area contributed by atoms with Gasteiger partial charge in [-0.3, -0.25) is 9.80 Å². The van der Waals surface area contributed by atoms with E-state index in [0.29, 0.717) is 12.4 Å². The van der Waals surface area contributed by atoms with E-state index in [1.165, 1.54) is 0 Å². The number of anilines is 2. The average molecular weight is 369 g/mol. The van der Waals surface area contributed by atoms with Gasteiger partial charge in [-0.2, -0.15) is 10.2 Å². The number of aromatic nitrogens is 2. The average Bonchev–Trinajstić information content (AvgIpc) is 3.30. The molecule has 8 heteroatoms. The van der Waals surface area contributed by atoms with Crippen molar-refractivity contribution in [1.29, 1.82) is 0 Å². The normalized spacial score (nSPS) is 16.1. The molecular weight excluding hydrogens is 346 g/mol. The van der Waals surface area contributed by atoms with Crippen LogP contribution in [0, 0.1) is 0 Å². The van der Waals surface area contributed by atoms with Crippen LogP contribution in [-0.2, 0) is 20.9 Å². The molecule has 1 aliphatic rings. The van der Waals surface area contributed by atoms with Crippen molar-refractivity contribution in [3.63, 3.8) is 0 Å². The topological polar surface area (TPSA) is 88.8 Å². The Labute approximate surface area is 157 Å². The number of para-hydroxylation sites is 1. The van der Waals surface area contributed by atoms with Gasteiger partial charge >= 0.3 is 5.97 Å². The second-order valence-electron chi connectivity index (χ2n) is 6.10. The predicted molar refractivity (Wildman–Crippen MR) is 103 cm³/mol. The van der Waals surface area contributed by atoms with Gasteiger partial charge in [0.05, 0.1) is 18.5 Å². The Bertz CT molecular complexity index is 831. The summed E-state index contributed by atoms with van der Waals surface area (Å²) in [7, 11) is 0. The number of benzene rings is 1. The quantitative estimate of drug-likeness (QED) is 0.757. The number of hydrogen-bond acceptors (Lipinski definition) is 6. The highest BCUT2D eigenvalue weighted by Crippen LogP contribution is 2.26. The lowest BCUT2D eigenvalue weighted by Gasteiger charge is -2.22. The van der Waals surface area contributed by atoms with Crippen LogP contribution in [0.25, 0.3) is 0 Å².